The molecule has 55 heavy (non-hydrogen) atoms. The van der Waals surface area contributed by atoms with Crippen LogP contribution in [0.2, 0.25) is 10.0 Å². The Hall–Kier alpha value is -5.05. The van der Waals surface area contributed by atoms with Crippen LogP contribution in [-0.4, -0.2) is 92.3 Å². The molecule has 0 spiro atoms. The Morgan fingerprint density at radius 2 is 1.84 bits per heavy atom. The van der Waals surface area contributed by atoms with Gasteiger partial charge in [-0.2, -0.15) is 0 Å². The van der Waals surface area contributed by atoms with Crippen molar-refractivity contribution in [2.75, 3.05) is 38.6 Å². The van der Waals surface area contributed by atoms with Crippen LogP contribution < -0.4 is 20.7 Å². The van der Waals surface area contributed by atoms with Gasteiger partial charge >= 0.3 is 0 Å². The molecular formula is C39H43Cl2N9O5. The maximum atomic E-state index is 13.7. The lowest BCUT2D eigenvalue weighted by molar-refractivity contribution is -0.141. The molecule has 0 bridgehead atoms. The molecule has 1 aromatic carbocycles. The fraction of sp³-hybridized carbons (Fsp3) is 0.410. The van der Waals surface area contributed by atoms with Crippen LogP contribution in [0.4, 0.5) is 5.69 Å². The van der Waals surface area contributed by atoms with E-state index in [-0.39, 0.29) is 40.5 Å². The van der Waals surface area contributed by atoms with Crippen LogP contribution in [0.1, 0.15) is 60.2 Å². The average molecular weight is 789 g/mol. The van der Waals surface area contributed by atoms with Crippen LogP contribution in [0.15, 0.2) is 42.6 Å². The first-order valence-corrected chi connectivity index (χ1v) is 19.2. The quantitative estimate of drug-likeness (QED) is 0.208. The number of carbonyl (C=O) groups is 4. The molecular weight excluding hydrogens is 745 g/mol. The van der Waals surface area contributed by atoms with Gasteiger partial charge in [0.2, 0.25) is 23.6 Å². The normalized spacial score (nSPS) is 18.2. The number of imidazole rings is 1. The number of anilines is 1. The van der Waals surface area contributed by atoms with Crippen LogP contribution in [0, 0.1) is 5.92 Å². The van der Waals surface area contributed by atoms with E-state index in [1.165, 1.54) is 6.92 Å². The Morgan fingerprint density at radius 1 is 1.00 bits per heavy atom. The third-order valence-corrected chi connectivity index (χ3v) is 11.4. The van der Waals surface area contributed by atoms with Crippen molar-refractivity contribution in [1.29, 1.82) is 0 Å². The summed E-state index contributed by atoms with van der Waals surface area (Å²) in [6.45, 7) is 4.60. The lowest BCUT2D eigenvalue weighted by atomic mass is 9.95. The van der Waals surface area contributed by atoms with Crippen molar-refractivity contribution in [1.82, 2.24) is 40.0 Å². The topological polar surface area (TPSA) is 164 Å². The summed E-state index contributed by atoms with van der Waals surface area (Å²) in [5.41, 5.74) is 4.89. The molecule has 0 unspecified atom stereocenters. The standard InChI is InChI=1S/C39H43Cl2N9O5/c1-22(51)49-16-5-6-24(20-49)39(54)50-17-14-31-30(21-50)45-36(48(31)2)37(53)46-29-8-4-7-27(33(29)40)35-34(41)26(13-15-43-35)28-11-9-23(38(47-28)55-3)18-42-19-25-10-12-32(52)44-25/h4,7-9,11,13,15,24-25,42H,5-6,10,12,14,16-21H2,1-3H3,(H,44,52)(H,46,53)/t24-,25-/m0/s1. The second-order valence-corrected chi connectivity index (χ2v) is 14.9. The number of piperidine rings is 1. The number of carbonyl (C=O) groups excluding carboxylic acids is 4. The van der Waals surface area contributed by atoms with Crippen LogP contribution >= 0.6 is 23.2 Å². The van der Waals surface area contributed by atoms with Crippen molar-refractivity contribution in [3.8, 4) is 28.4 Å². The minimum absolute atomic E-state index is 0.0145. The molecule has 2 atom stereocenters. The number of ether oxygens (including phenoxy) is 1. The van der Waals surface area contributed by atoms with Crippen molar-refractivity contribution < 1.29 is 23.9 Å². The summed E-state index contributed by atoms with van der Waals surface area (Å²) < 4.78 is 7.39. The molecule has 4 amide bonds. The molecule has 3 aliphatic rings. The number of nitrogens with one attached hydrogen (secondary N) is 3. The molecule has 2 fully saturated rings. The molecule has 0 saturated carbocycles. The molecule has 3 aromatic heterocycles. The predicted molar refractivity (Wildman–Crippen MR) is 208 cm³/mol. The van der Waals surface area contributed by atoms with Gasteiger partial charge in [-0.25, -0.2) is 9.97 Å². The summed E-state index contributed by atoms with van der Waals surface area (Å²) in [6.07, 6.45) is 5.08. The molecule has 3 aliphatic heterocycles. The predicted octanol–water partition coefficient (Wildman–Crippen LogP) is 4.62. The Labute approximate surface area is 328 Å². The summed E-state index contributed by atoms with van der Waals surface area (Å²) >= 11 is 13.9. The van der Waals surface area contributed by atoms with Crippen molar-refractivity contribution in [2.24, 2.45) is 13.0 Å². The number of hydrogen-bond acceptors (Lipinski definition) is 9. The number of benzene rings is 1. The van der Waals surface area contributed by atoms with E-state index in [1.807, 2.05) is 12.1 Å². The van der Waals surface area contributed by atoms with E-state index >= 15 is 0 Å². The van der Waals surface area contributed by atoms with E-state index in [9.17, 15) is 19.2 Å². The van der Waals surface area contributed by atoms with Crippen LogP contribution in [0.3, 0.4) is 0 Å². The number of aromatic nitrogens is 4. The molecule has 7 rings (SSSR count). The van der Waals surface area contributed by atoms with Gasteiger partial charge in [0.1, 0.15) is 0 Å². The van der Waals surface area contributed by atoms with Gasteiger partial charge in [0.15, 0.2) is 5.82 Å². The molecule has 4 aromatic rings. The number of amides is 4. The summed E-state index contributed by atoms with van der Waals surface area (Å²) in [7, 11) is 3.35. The molecule has 14 nitrogen and oxygen atoms in total. The smallest absolute Gasteiger partial charge is 0.291 e. The van der Waals surface area contributed by atoms with Gasteiger partial charge in [-0.15, -0.1) is 0 Å². The zero-order valence-corrected chi connectivity index (χ0v) is 32.5. The van der Waals surface area contributed by atoms with Gasteiger partial charge in [0.05, 0.1) is 52.4 Å². The highest BCUT2D eigenvalue weighted by Gasteiger charge is 2.34. The minimum Gasteiger partial charge on any atom is -0.481 e. The highest BCUT2D eigenvalue weighted by molar-refractivity contribution is 6.39. The summed E-state index contributed by atoms with van der Waals surface area (Å²) in [5, 5.41) is 9.80. The number of hydrogen-bond donors (Lipinski definition) is 3. The number of halogens is 2. The Bertz CT molecular complexity index is 2160. The fourth-order valence-corrected chi connectivity index (χ4v) is 8.18. The van der Waals surface area contributed by atoms with Crippen molar-refractivity contribution >= 4 is 52.5 Å². The van der Waals surface area contributed by atoms with Gasteiger partial charge in [-0.3, -0.25) is 24.2 Å². The number of fused-ring (bicyclic) bond motifs is 1. The molecule has 0 radical (unpaired) electrons. The van der Waals surface area contributed by atoms with Crippen LogP contribution in [0.25, 0.3) is 22.5 Å². The minimum atomic E-state index is -0.454. The number of methoxy groups -OCH3 is 1. The largest absolute Gasteiger partial charge is 0.481 e. The summed E-state index contributed by atoms with van der Waals surface area (Å²) in [6, 6.07) is 10.9. The Morgan fingerprint density at radius 3 is 2.60 bits per heavy atom. The third-order valence-electron chi connectivity index (χ3n) is 10.6. The van der Waals surface area contributed by atoms with Crippen molar-refractivity contribution in [2.45, 2.75) is 58.2 Å². The van der Waals surface area contributed by atoms with E-state index in [0.717, 1.165) is 30.5 Å². The van der Waals surface area contributed by atoms with Gasteiger partial charge in [0, 0.05) is 94.2 Å². The number of likely N-dealkylation sites (tertiary alicyclic amines) is 1. The van der Waals surface area contributed by atoms with Gasteiger partial charge < -0.3 is 35.1 Å². The van der Waals surface area contributed by atoms with Gasteiger partial charge in [-0.05, 0) is 37.5 Å². The second-order valence-electron chi connectivity index (χ2n) is 14.1. The average Bonchev–Trinajstić information content (AvgIpc) is 3.77. The van der Waals surface area contributed by atoms with Gasteiger partial charge in [-0.1, -0.05) is 41.4 Å². The second kappa shape index (κ2) is 16.4. The highest BCUT2D eigenvalue weighted by atomic mass is 35.5. The van der Waals surface area contributed by atoms with E-state index in [1.54, 1.807) is 59.0 Å². The maximum Gasteiger partial charge on any atom is 0.291 e. The summed E-state index contributed by atoms with van der Waals surface area (Å²) in [5.74, 6) is 0.0193. The zero-order chi connectivity index (χ0) is 38.8. The monoisotopic (exact) mass is 787 g/mol. The number of nitrogens with zero attached hydrogens (tertiary/aromatic N) is 6. The lowest BCUT2D eigenvalue weighted by Gasteiger charge is -2.35. The van der Waals surface area contributed by atoms with E-state index in [0.29, 0.717) is 96.9 Å². The molecule has 6 heterocycles. The maximum absolute atomic E-state index is 13.7. The highest BCUT2D eigenvalue weighted by Crippen LogP contribution is 2.40. The number of rotatable bonds is 10. The van der Waals surface area contributed by atoms with Gasteiger partial charge in [0.25, 0.3) is 5.91 Å². The Balaban J connectivity index is 1.05. The van der Waals surface area contributed by atoms with Crippen molar-refractivity contribution in [3.63, 3.8) is 0 Å². The first-order chi connectivity index (χ1) is 26.5. The van der Waals surface area contributed by atoms with E-state index in [4.69, 9.17) is 32.9 Å². The molecule has 288 valence electrons. The first-order valence-electron chi connectivity index (χ1n) is 18.4. The van der Waals surface area contributed by atoms with E-state index in [2.05, 4.69) is 25.9 Å². The SMILES string of the molecule is COc1nc(-c2ccnc(-c3cccc(NC(=O)c4nc5c(n4C)CCN(C(=O)[C@H]4CCCN(C(C)=O)C4)C5)c3Cl)c2Cl)ccc1CNC[C@@H]1CCC(=O)N1. The zero-order valence-electron chi connectivity index (χ0n) is 31.0. The Kier molecular flexibility index (Phi) is 11.4. The first kappa shape index (κ1) is 38.2. The van der Waals surface area contributed by atoms with E-state index < -0.39 is 5.91 Å². The molecule has 16 heteroatoms. The van der Waals surface area contributed by atoms with Crippen LogP contribution in [0.5, 0.6) is 5.88 Å². The van der Waals surface area contributed by atoms with Crippen molar-refractivity contribution in [3.05, 3.63) is 75.4 Å². The third kappa shape index (κ3) is 8.03. The summed E-state index contributed by atoms with van der Waals surface area (Å²) in [4.78, 5) is 68.1. The fourth-order valence-electron chi connectivity index (χ4n) is 7.60. The number of pyridine rings is 2. The lowest BCUT2D eigenvalue weighted by Crippen LogP contribution is -2.47. The molecule has 3 N–H and O–H groups in total. The molecule has 2 saturated heterocycles. The molecule has 0 aliphatic carbocycles. The van der Waals surface area contributed by atoms with Crippen LogP contribution in [-0.2, 0) is 40.9 Å².